The number of benzene rings is 3. The van der Waals surface area contributed by atoms with Crippen LogP contribution in [0, 0.1) is 6.57 Å². The van der Waals surface area contributed by atoms with E-state index in [1.807, 2.05) is 36.5 Å². The minimum atomic E-state index is -3.26. The average Bonchev–Trinajstić information content (AvgIpc) is 3.46. The van der Waals surface area contributed by atoms with Crippen LogP contribution in [0.4, 0.5) is 17.2 Å². The number of piperazine rings is 1. The Morgan fingerprint density at radius 2 is 1.62 bits per heavy atom. The molecule has 2 aromatic heterocycles. The molecule has 0 spiro atoms. The number of nitrogens with zero attached hydrogens (tertiary/aromatic N) is 6. The number of sulfone groups is 1. The molecule has 1 fully saturated rings. The predicted molar refractivity (Wildman–Crippen MR) is 160 cm³/mol. The summed E-state index contributed by atoms with van der Waals surface area (Å²) in [4.78, 5) is 17.4. The Kier molecular flexibility index (Phi) is 7.24. The first-order chi connectivity index (χ1) is 18.9. The summed E-state index contributed by atoms with van der Waals surface area (Å²) in [7, 11) is -3.26. The lowest BCUT2D eigenvalue weighted by Gasteiger charge is -2.37. The van der Waals surface area contributed by atoms with Crippen molar-refractivity contribution >= 4 is 37.9 Å². The maximum atomic E-state index is 12.0. The van der Waals surface area contributed by atoms with Crippen LogP contribution in [0.15, 0.2) is 84.1 Å². The van der Waals surface area contributed by atoms with Crippen molar-refractivity contribution in [3.8, 4) is 22.4 Å². The van der Waals surface area contributed by atoms with E-state index in [2.05, 4.69) is 40.9 Å². The van der Waals surface area contributed by atoms with Crippen LogP contribution in [0.1, 0.15) is 7.43 Å². The van der Waals surface area contributed by atoms with Gasteiger partial charge in [-0.05, 0) is 41.5 Å². The van der Waals surface area contributed by atoms with E-state index >= 15 is 0 Å². The Labute approximate surface area is 233 Å². The second kappa shape index (κ2) is 10.8. The van der Waals surface area contributed by atoms with Crippen molar-refractivity contribution in [1.82, 2.24) is 20.2 Å². The fourth-order valence-corrected chi connectivity index (χ4v) is 5.64. The molecule has 202 valence electrons. The molecule has 3 heterocycles. The summed E-state index contributed by atoms with van der Waals surface area (Å²) < 4.78 is 24.0. The lowest BCUT2D eigenvalue weighted by Crippen LogP contribution is -2.47. The van der Waals surface area contributed by atoms with Crippen molar-refractivity contribution in [2.24, 2.45) is 0 Å². The van der Waals surface area contributed by atoms with Crippen LogP contribution in [0.5, 0.6) is 0 Å². The first-order valence-corrected chi connectivity index (χ1v) is 14.4. The average molecular weight is 552 g/mol. The maximum Gasteiger partial charge on any atom is 0.187 e. The second-order valence-corrected chi connectivity index (χ2v) is 11.5. The third-order valence-electron chi connectivity index (χ3n) is 7.04. The molecule has 0 saturated carbocycles. The SMILES string of the molecule is C.[C-]#[N+]c1ccc(-c2[nH]ncc2-c2ccc3ncnc(N4CCN(c5cccc(S(C)(=O)=O)c5)CC4)c3c2)cc1. The third-order valence-corrected chi connectivity index (χ3v) is 8.15. The van der Waals surface area contributed by atoms with Crippen LogP contribution in [0.25, 0.3) is 38.1 Å². The van der Waals surface area contributed by atoms with Gasteiger partial charge in [0.2, 0.25) is 0 Å². The Balaban J connectivity index is 0.00000323. The van der Waals surface area contributed by atoms with Crippen LogP contribution >= 0.6 is 0 Å². The fraction of sp³-hybridized carbons (Fsp3) is 0.200. The van der Waals surface area contributed by atoms with Crippen LogP contribution in [-0.2, 0) is 9.84 Å². The number of aromatic amines is 1. The molecule has 3 aromatic carbocycles. The van der Waals surface area contributed by atoms with Gasteiger partial charge in [0.1, 0.15) is 12.1 Å². The number of rotatable bonds is 5. The highest BCUT2D eigenvalue weighted by Gasteiger charge is 2.22. The van der Waals surface area contributed by atoms with Gasteiger partial charge >= 0.3 is 0 Å². The largest absolute Gasteiger partial charge is 0.368 e. The number of fused-ring (bicyclic) bond motifs is 1. The molecule has 1 aliphatic rings. The first kappa shape index (κ1) is 26.8. The van der Waals surface area contributed by atoms with Gasteiger partial charge in [-0.3, -0.25) is 5.10 Å². The Morgan fingerprint density at radius 1 is 0.900 bits per heavy atom. The van der Waals surface area contributed by atoms with Gasteiger partial charge in [-0.2, -0.15) is 5.10 Å². The summed E-state index contributed by atoms with van der Waals surface area (Å²) in [6.45, 7) is 10.2. The van der Waals surface area contributed by atoms with E-state index in [1.54, 1.807) is 36.7 Å². The van der Waals surface area contributed by atoms with Crippen LogP contribution in [0.2, 0.25) is 0 Å². The number of hydrogen-bond acceptors (Lipinski definition) is 7. The summed E-state index contributed by atoms with van der Waals surface area (Å²) in [5.41, 5.74) is 6.15. The van der Waals surface area contributed by atoms with E-state index in [4.69, 9.17) is 6.57 Å². The fourth-order valence-electron chi connectivity index (χ4n) is 4.98. The van der Waals surface area contributed by atoms with E-state index in [1.165, 1.54) is 6.26 Å². The smallest absolute Gasteiger partial charge is 0.187 e. The molecule has 0 atom stereocenters. The van der Waals surface area contributed by atoms with E-state index < -0.39 is 9.84 Å². The van der Waals surface area contributed by atoms with Crippen molar-refractivity contribution in [1.29, 1.82) is 0 Å². The Morgan fingerprint density at radius 3 is 2.35 bits per heavy atom. The number of hydrogen-bond donors (Lipinski definition) is 1. The standard InChI is InChI=1S/C29H25N7O2S.CH4/c1-30-22-9-6-20(7-10-22)28-26(18-33-34-28)21-8-11-27-25(16-21)29(32-19-31-27)36-14-12-35(13-15-36)23-4-3-5-24(17-23)39(2,37)38;/h3-11,16-19H,12-15H2,2H3,(H,33,34);1H4. The zero-order chi connectivity index (χ0) is 27.0. The number of nitrogens with one attached hydrogen (secondary N) is 1. The van der Waals surface area contributed by atoms with Gasteiger partial charge in [0.15, 0.2) is 15.5 Å². The molecule has 0 radical (unpaired) electrons. The van der Waals surface area contributed by atoms with E-state index in [9.17, 15) is 8.42 Å². The number of H-pyrrole nitrogens is 1. The normalized spacial score (nSPS) is 13.6. The van der Waals surface area contributed by atoms with E-state index in [0.29, 0.717) is 10.6 Å². The molecular formula is C30H29N7O2S. The molecule has 1 aliphatic heterocycles. The molecule has 0 aliphatic carbocycles. The number of anilines is 2. The minimum absolute atomic E-state index is 0. The molecular weight excluding hydrogens is 522 g/mol. The summed E-state index contributed by atoms with van der Waals surface area (Å²) in [6, 6.07) is 20.7. The molecule has 0 bridgehead atoms. The van der Waals surface area contributed by atoms with Gasteiger partial charge in [0.05, 0.1) is 28.9 Å². The molecule has 0 amide bonds. The number of aromatic nitrogens is 4. The highest BCUT2D eigenvalue weighted by Crippen LogP contribution is 2.34. The first-order valence-electron chi connectivity index (χ1n) is 12.5. The second-order valence-electron chi connectivity index (χ2n) is 9.49. The van der Waals surface area contributed by atoms with E-state index in [0.717, 1.165) is 71.0 Å². The van der Waals surface area contributed by atoms with Gasteiger partial charge in [0.25, 0.3) is 0 Å². The van der Waals surface area contributed by atoms with Crippen molar-refractivity contribution in [2.75, 3.05) is 42.2 Å². The molecule has 1 N–H and O–H groups in total. The third kappa shape index (κ3) is 5.11. The van der Waals surface area contributed by atoms with Crippen LogP contribution < -0.4 is 9.80 Å². The van der Waals surface area contributed by atoms with Gasteiger partial charge in [-0.15, -0.1) is 0 Å². The summed E-state index contributed by atoms with van der Waals surface area (Å²) in [5, 5.41) is 8.36. The van der Waals surface area contributed by atoms with Gasteiger partial charge in [-0.25, -0.2) is 23.2 Å². The maximum absolute atomic E-state index is 12.0. The minimum Gasteiger partial charge on any atom is -0.368 e. The lowest BCUT2D eigenvalue weighted by molar-refractivity contribution is 0.601. The quantitative estimate of drug-likeness (QED) is 0.284. The van der Waals surface area contributed by atoms with Crippen molar-refractivity contribution in [2.45, 2.75) is 12.3 Å². The molecule has 40 heavy (non-hydrogen) atoms. The summed E-state index contributed by atoms with van der Waals surface area (Å²) in [5.74, 6) is 0.873. The predicted octanol–water partition coefficient (Wildman–Crippen LogP) is 5.60. The molecule has 0 unspecified atom stereocenters. The topological polar surface area (TPSA) is 99.4 Å². The van der Waals surface area contributed by atoms with Crippen molar-refractivity contribution in [3.63, 3.8) is 0 Å². The van der Waals surface area contributed by atoms with Crippen molar-refractivity contribution < 1.29 is 8.42 Å². The molecule has 1 saturated heterocycles. The van der Waals surface area contributed by atoms with Gasteiger partial charge in [0, 0.05) is 49.1 Å². The highest BCUT2D eigenvalue weighted by molar-refractivity contribution is 7.90. The van der Waals surface area contributed by atoms with Crippen LogP contribution in [-0.4, -0.2) is 61.0 Å². The molecule has 6 rings (SSSR count). The van der Waals surface area contributed by atoms with E-state index in [-0.39, 0.29) is 7.43 Å². The highest BCUT2D eigenvalue weighted by atomic mass is 32.2. The summed E-state index contributed by atoms with van der Waals surface area (Å²) in [6.07, 6.45) is 4.64. The zero-order valence-corrected chi connectivity index (χ0v) is 22.1. The zero-order valence-electron chi connectivity index (χ0n) is 21.2. The summed E-state index contributed by atoms with van der Waals surface area (Å²) >= 11 is 0. The Hall–Kier alpha value is -4.75. The van der Waals surface area contributed by atoms with Crippen molar-refractivity contribution in [3.05, 3.63) is 90.7 Å². The molecule has 10 heteroatoms. The van der Waals surface area contributed by atoms with Gasteiger partial charge < -0.3 is 9.80 Å². The monoisotopic (exact) mass is 551 g/mol. The lowest BCUT2D eigenvalue weighted by atomic mass is 10.00. The molecule has 5 aromatic rings. The molecule has 9 nitrogen and oxygen atoms in total. The van der Waals surface area contributed by atoms with Crippen LogP contribution in [0.3, 0.4) is 0 Å². The Bertz CT molecular complexity index is 1820. The van der Waals surface area contributed by atoms with Gasteiger partial charge in [-0.1, -0.05) is 43.8 Å².